The third kappa shape index (κ3) is 3.86. The molecule has 0 fully saturated rings. The third-order valence-corrected chi connectivity index (χ3v) is 2.03. The molecule has 0 saturated heterocycles. The first-order valence-electron chi connectivity index (χ1n) is 4.11. The van der Waals surface area contributed by atoms with Crippen molar-refractivity contribution in [1.82, 2.24) is 0 Å². The second kappa shape index (κ2) is 7.29. The van der Waals surface area contributed by atoms with Gasteiger partial charge < -0.3 is 0 Å². The maximum absolute atomic E-state index is 12.8. The van der Waals surface area contributed by atoms with E-state index in [0.717, 1.165) is 5.57 Å². The first-order chi connectivity index (χ1) is 5.84. The molecule has 0 heterocycles. The van der Waals surface area contributed by atoms with Gasteiger partial charge in [0.15, 0.2) is 0 Å². The molecule has 0 nitrogen and oxygen atoms in total. The fourth-order valence-electron chi connectivity index (χ4n) is 0.763. The zero-order valence-electron chi connectivity index (χ0n) is 7.48. The molecule has 0 aliphatic heterocycles. The van der Waals surface area contributed by atoms with Crippen molar-refractivity contribution in [3.63, 3.8) is 0 Å². The van der Waals surface area contributed by atoms with E-state index in [4.69, 9.17) is 0 Å². The molecule has 0 saturated carbocycles. The molecule has 0 unspecified atom stereocenters. The van der Waals surface area contributed by atoms with Crippen LogP contribution in [0, 0.1) is 0 Å². The summed E-state index contributed by atoms with van der Waals surface area (Å²) in [6.07, 6.45) is 7.71. The number of alkyl halides is 1. The maximum Gasteiger partial charge on any atom is 0.123 e. The Morgan fingerprint density at radius 1 is 1.42 bits per heavy atom. The van der Waals surface area contributed by atoms with E-state index in [9.17, 15) is 4.39 Å². The van der Waals surface area contributed by atoms with Gasteiger partial charge >= 0.3 is 0 Å². The molecule has 68 valence electrons. The van der Waals surface area contributed by atoms with E-state index in [-0.39, 0.29) is 5.83 Å². The van der Waals surface area contributed by atoms with Crippen LogP contribution in [-0.2, 0) is 0 Å². The average Bonchev–Trinajstić information content (AvgIpc) is 2.33. The smallest absolute Gasteiger partial charge is 0.123 e. The first kappa shape index (κ1) is 11.6. The van der Waals surface area contributed by atoms with Gasteiger partial charge in [-0.1, -0.05) is 48.0 Å². The number of hydrogen-bond donors (Lipinski definition) is 0. The second-order valence-electron chi connectivity index (χ2n) is 2.08. The van der Waals surface area contributed by atoms with Crippen molar-refractivity contribution < 1.29 is 4.39 Å². The summed E-state index contributed by atoms with van der Waals surface area (Å²) in [4.78, 5) is 0. The van der Waals surface area contributed by atoms with Crippen molar-refractivity contribution in [2.45, 2.75) is 20.3 Å². The van der Waals surface area contributed by atoms with Crippen LogP contribution in [0.15, 0.2) is 35.7 Å². The Kier molecular flexibility index (Phi) is 7.06. The quantitative estimate of drug-likeness (QED) is 0.597. The Bertz CT molecular complexity index is 202. The summed E-state index contributed by atoms with van der Waals surface area (Å²) < 4.78 is 12.8. The van der Waals surface area contributed by atoms with E-state index in [2.05, 4.69) is 15.9 Å². The predicted molar refractivity (Wildman–Crippen MR) is 56.2 cm³/mol. The minimum Gasteiger partial charge on any atom is -0.207 e. The lowest BCUT2D eigenvalue weighted by atomic mass is 10.2. The normalized spacial score (nSPS) is 15.3. The molecule has 0 radical (unpaired) electrons. The lowest BCUT2D eigenvalue weighted by molar-refractivity contribution is 0.652. The minimum absolute atomic E-state index is 0.109. The van der Waals surface area contributed by atoms with Gasteiger partial charge in [0, 0.05) is 5.33 Å². The fraction of sp³-hybridized carbons (Fsp3) is 0.400. The summed E-state index contributed by atoms with van der Waals surface area (Å²) in [5, 5.41) is 0.619. The average molecular weight is 233 g/mol. The molecule has 0 atom stereocenters. The summed E-state index contributed by atoms with van der Waals surface area (Å²) in [7, 11) is 0. The standard InChI is InChI=1S/C8H8BrF.C2H6/c9-6-7-4-2-1-3-5-8(7)10;1-2/h1-3,5H,4,6H2;1-2H3. The Hall–Kier alpha value is -0.370. The van der Waals surface area contributed by atoms with Gasteiger partial charge in [-0.25, -0.2) is 4.39 Å². The number of halogens is 2. The van der Waals surface area contributed by atoms with Gasteiger partial charge in [-0.3, -0.25) is 0 Å². The summed E-state index contributed by atoms with van der Waals surface area (Å²) in [5.74, 6) is -0.109. The Labute approximate surface area is 82.0 Å². The first-order valence-corrected chi connectivity index (χ1v) is 5.23. The summed E-state index contributed by atoms with van der Waals surface area (Å²) in [6.45, 7) is 4.00. The van der Waals surface area contributed by atoms with E-state index in [0.29, 0.717) is 11.8 Å². The van der Waals surface area contributed by atoms with Gasteiger partial charge in [0.25, 0.3) is 0 Å². The Balaban J connectivity index is 0.000000561. The summed E-state index contributed by atoms with van der Waals surface area (Å²) >= 11 is 3.22. The highest BCUT2D eigenvalue weighted by Crippen LogP contribution is 2.17. The van der Waals surface area contributed by atoms with Crippen molar-refractivity contribution >= 4 is 15.9 Å². The number of allylic oxidation sites excluding steroid dienone is 6. The van der Waals surface area contributed by atoms with Crippen LogP contribution in [0.1, 0.15) is 20.3 Å². The highest BCUT2D eigenvalue weighted by Gasteiger charge is 2.01. The molecule has 0 amide bonds. The molecule has 1 rings (SSSR count). The zero-order chi connectivity index (χ0) is 9.40. The molecule has 0 aromatic heterocycles. The van der Waals surface area contributed by atoms with Crippen molar-refractivity contribution in [2.24, 2.45) is 0 Å². The molecule has 0 aromatic rings. The van der Waals surface area contributed by atoms with Crippen LogP contribution in [-0.4, -0.2) is 5.33 Å². The van der Waals surface area contributed by atoms with Gasteiger partial charge in [-0.05, 0) is 18.1 Å². The van der Waals surface area contributed by atoms with Gasteiger partial charge in [0.05, 0.1) is 0 Å². The van der Waals surface area contributed by atoms with Gasteiger partial charge in [0.1, 0.15) is 5.83 Å². The van der Waals surface area contributed by atoms with Crippen LogP contribution in [0.25, 0.3) is 0 Å². The van der Waals surface area contributed by atoms with E-state index >= 15 is 0 Å². The summed E-state index contributed by atoms with van der Waals surface area (Å²) in [6, 6.07) is 0. The number of rotatable bonds is 1. The molecule has 2 heteroatoms. The minimum atomic E-state index is -0.109. The van der Waals surface area contributed by atoms with Crippen LogP contribution >= 0.6 is 15.9 Å². The Morgan fingerprint density at radius 2 is 2.08 bits per heavy atom. The molecular weight excluding hydrogens is 219 g/mol. The largest absolute Gasteiger partial charge is 0.207 e. The van der Waals surface area contributed by atoms with Gasteiger partial charge in [0.2, 0.25) is 0 Å². The highest BCUT2D eigenvalue weighted by atomic mass is 79.9. The van der Waals surface area contributed by atoms with Crippen LogP contribution in [0.4, 0.5) is 4.39 Å². The fourth-order valence-corrected chi connectivity index (χ4v) is 1.26. The van der Waals surface area contributed by atoms with Crippen LogP contribution in [0.5, 0.6) is 0 Å². The number of hydrogen-bond acceptors (Lipinski definition) is 0. The van der Waals surface area contributed by atoms with E-state index in [1.54, 1.807) is 6.08 Å². The Morgan fingerprint density at radius 3 is 2.67 bits per heavy atom. The van der Waals surface area contributed by atoms with Crippen molar-refractivity contribution in [1.29, 1.82) is 0 Å². The van der Waals surface area contributed by atoms with Gasteiger partial charge in [-0.2, -0.15) is 0 Å². The highest BCUT2D eigenvalue weighted by molar-refractivity contribution is 9.09. The molecule has 0 N–H and O–H groups in total. The molecule has 0 aromatic carbocycles. The van der Waals surface area contributed by atoms with Gasteiger partial charge in [-0.15, -0.1) is 0 Å². The van der Waals surface area contributed by atoms with E-state index < -0.39 is 0 Å². The lowest BCUT2D eigenvalue weighted by Crippen LogP contribution is -1.84. The maximum atomic E-state index is 12.8. The third-order valence-electron chi connectivity index (χ3n) is 1.35. The molecule has 12 heavy (non-hydrogen) atoms. The lowest BCUT2D eigenvalue weighted by Gasteiger charge is -1.96. The SMILES string of the molecule is CC.FC1=C(CBr)CC=CC=C1. The van der Waals surface area contributed by atoms with Crippen LogP contribution in [0.3, 0.4) is 0 Å². The molecule has 1 aliphatic carbocycles. The summed E-state index contributed by atoms with van der Waals surface area (Å²) in [5.41, 5.74) is 0.810. The van der Waals surface area contributed by atoms with Crippen LogP contribution in [0.2, 0.25) is 0 Å². The molecule has 1 aliphatic rings. The van der Waals surface area contributed by atoms with Crippen molar-refractivity contribution in [2.75, 3.05) is 5.33 Å². The molecule has 0 bridgehead atoms. The molecule has 0 spiro atoms. The van der Waals surface area contributed by atoms with Crippen LogP contribution < -0.4 is 0 Å². The zero-order valence-corrected chi connectivity index (χ0v) is 9.07. The second-order valence-corrected chi connectivity index (χ2v) is 2.64. The van der Waals surface area contributed by atoms with E-state index in [1.807, 2.05) is 26.0 Å². The van der Waals surface area contributed by atoms with E-state index in [1.165, 1.54) is 6.08 Å². The predicted octanol–water partition coefficient (Wildman–Crippen LogP) is 4.15. The van der Waals surface area contributed by atoms with Crippen molar-refractivity contribution in [3.8, 4) is 0 Å². The monoisotopic (exact) mass is 232 g/mol. The topological polar surface area (TPSA) is 0 Å². The molecular formula is C10H14BrF. The van der Waals surface area contributed by atoms with Crippen molar-refractivity contribution in [3.05, 3.63) is 35.7 Å².